The van der Waals surface area contributed by atoms with E-state index in [0.717, 1.165) is 4.90 Å². The zero-order valence-electron chi connectivity index (χ0n) is 19.8. The highest BCUT2D eigenvalue weighted by Crippen LogP contribution is 2.27. The molecule has 1 saturated heterocycles. The van der Waals surface area contributed by atoms with Crippen LogP contribution in [0.5, 0.6) is 5.75 Å². The van der Waals surface area contributed by atoms with E-state index < -0.39 is 84.4 Å². The highest BCUT2D eigenvalue weighted by atomic mass is 19.2. The molecule has 9 nitrogen and oxygen atoms in total. The van der Waals surface area contributed by atoms with Crippen LogP contribution in [0.4, 0.5) is 17.6 Å². The second kappa shape index (κ2) is 12.3. The summed E-state index contributed by atoms with van der Waals surface area (Å²) in [5.41, 5.74) is 0.391. The van der Waals surface area contributed by atoms with Crippen molar-refractivity contribution in [1.29, 1.82) is 0 Å². The summed E-state index contributed by atoms with van der Waals surface area (Å²) in [7, 11) is 0. The van der Waals surface area contributed by atoms with Crippen molar-refractivity contribution in [3.05, 3.63) is 65.2 Å². The second-order valence-corrected chi connectivity index (χ2v) is 8.50. The van der Waals surface area contributed by atoms with E-state index in [1.54, 1.807) is 30.3 Å². The molecule has 0 bridgehead atoms. The lowest BCUT2D eigenvalue weighted by Gasteiger charge is -2.34. The fourth-order valence-electron chi connectivity index (χ4n) is 3.81. The molecule has 2 aromatic carbocycles. The normalized spacial score (nSPS) is 14.3. The molecule has 0 saturated carbocycles. The zero-order chi connectivity index (χ0) is 28.0. The van der Waals surface area contributed by atoms with Gasteiger partial charge in [0.25, 0.3) is 5.91 Å². The summed E-state index contributed by atoms with van der Waals surface area (Å²) < 4.78 is 58.8. The predicted octanol–water partition coefficient (Wildman–Crippen LogP) is 2.23. The first-order valence-electron chi connectivity index (χ1n) is 11.3. The van der Waals surface area contributed by atoms with Crippen LogP contribution in [-0.4, -0.2) is 77.0 Å². The lowest BCUT2D eigenvalue weighted by Crippen LogP contribution is -2.53. The Balaban J connectivity index is 1.58. The molecule has 2 aromatic rings. The number of carboxylic acids is 1. The zero-order valence-corrected chi connectivity index (χ0v) is 19.8. The molecule has 1 atom stereocenters. The number of amides is 2. The Morgan fingerprint density at radius 2 is 1.58 bits per heavy atom. The second-order valence-electron chi connectivity index (χ2n) is 8.50. The molecule has 1 aliphatic heterocycles. The molecule has 3 rings (SSSR count). The quantitative estimate of drug-likeness (QED) is 0.344. The minimum absolute atomic E-state index is 0.0213. The predicted molar refractivity (Wildman–Crippen MR) is 121 cm³/mol. The molecule has 0 radical (unpaired) electrons. The number of ketones is 2. The number of carbonyl (C=O) groups is 5. The maximum absolute atomic E-state index is 13.8. The van der Waals surface area contributed by atoms with Crippen molar-refractivity contribution in [2.24, 2.45) is 5.92 Å². The number of hydrogen-bond acceptors (Lipinski definition) is 6. The summed E-state index contributed by atoms with van der Waals surface area (Å²) in [5, 5.41) is 9.11. The molecule has 0 aromatic heterocycles. The van der Waals surface area contributed by atoms with Crippen LogP contribution < -0.4 is 4.74 Å². The molecule has 0 aliphatic carbocycles. The Morgan fingerprint density at radius 3 is 2.16 bits per heavy atom. The van der Waals surface area contributed by atoms with Gasteiger partial charge in [0.15, 0.2) is 29.0 Å². The van der Waals surface area contributed by atoms with Gasteiger partial charge in [0.1, 0.15) is 13.2 Å². The number of rotatable bonds is 11. The number of Topliss-reactive ketones (excluding diaryl/α,β-unsaturated/α-hetero) is 2. The van der Waals surface area contributed by atoms with E-state index in [1.165, 1.54) is 4.90 Å². The third-order valence-corrected chi connectivity index (χ3v) is 5.77. The molecular formula is C25H22F4N2O7. The number of piperazine rings is 1. The summed E-state index contributed by atoms with van der Waals surface area (Å²) in [6.07, 6.45) is -1.49. The average Bonchev–Trinajstić information content (AvgIpc) is 2.88. The van der Waals surface area contributed by atoms with Gasteiger partial charge in [-0.15, -0.1) is 0 Å². The van der Waals surface area contributed by atoms with Gasteiger partial charge in [-0.2, -0.15) is 8.78 Å². The monoisotopic (exact) mass is 538 g/mol. The third-order valence-electron chi connectivity index (χ3n) is 5.77. The first-order chi connectivity index (χ1) is 18.0. The number of carbonyl (C=O) groups excluding carboxylic acids is 4. The van der Waals surface area contributed by atoms with Crippen LogP contribution in [0.3, 0.4) is 0 Å². The van der Waals surface area contributed by atoms with Crippen molar-refractivity contribution in [3.8, 4) is 5.75 Å². The van der Waals surface area contributed by atoms with Gasteiger partial charge in [0.2, 0.25) is 17.5 Å². The van der Waals surface area contributed by atoms with E-state index >= 15 is 0 Å². The molecule has 1 aliphatic rings. The first-order valence-corrected chi connectivity index (χ1v) is 11.3. The molecule has 38 heavy (non-hydrogen) atoms. The van der Waals surface area contributed by atoms with E-state index in [9.17, 15) is 41.5 Å². The molecule has 2 amide bonds. The van der Waals surface area contributed by atoms with Crippen LogP contribution in [0.2, 0.25) is 0 Å². The molecule has 0 spiro atoms. The van der Waals surface area contributed by atoms with Gasteiger partial charge in [-0.3, -0.25) is 24.0 Å². The van der Waals surface area contributed by atoms with Crippen molar-refractivity contribution >= 4 is 29.4 Å². The van der Waals surface area contributed by atoms with Crippen molar-refractivity contribution in [2.45, 2.75) is 12.8 Å². The number of hydrogen-bond donors (Lipinski definition) is 1. The van der Waals surface area contributed by atoms with E-state index in [2.05, 4.69) is 4.74 Å². The van der Waals surface area contributed by atoms with E-state index in [-0.39, 0.29) is 31.6 Å². The Bertz CT molecular complexity index is 1230. The fraction of sp³-hybridized carbons (Fsp3) is 0.320. The first kappa shape index (κ1) is 28.3. The lowest BCUT2D eigenvalue weighted by molar-refractivity contribution is -0.143. The average molecular weight is 538 g/mol. The Hall–Kier alpha value is -4.29. The highest BCUT2D eigenvalue weighted by molar-refractivity contribution is 5.98. The van der Waals surface area contributed by atoms with Gasteiger partial charge in [0, 0.05) is 37.1 Å². The molecule has 1 heterocycles. The number of ether oxygens (including phenoxy) is 1. The minimum atomic E-state index is -1.88. The topological polar surface area (TPSA) is 121 Å². The van der Waals surface area contributed by atoms with Crippen LogP contribution in [0, 0.1) is 29.2 Å². The van der Waals surface area contributed by atoms with Gasteiger partial charge >= 0.3 is 5.97 Å². The van der Waals surface area contributed by atoms with Gasteiger partial charge < -0.3 is 19.6 Å². The largest absolute Gasteiger partial charge is 0.481 e. The molecular weight excluding hydrogens is 516 g/mol. The maximum atomic E-state index is 13.8. The fourth-order valence-corrected chi connectivity index (χ4v) is 3.81. The number of carboxylic acid groups (broad SMARTS) is 1. The Kier molecular flexibility index (Phi) is 9.16. The summed E-state index contributed by atoms with van der Waals surface area (Å²) in [6, 6.07) is 8.22. The van der Waals surface area contributed by atoms with Crippen molar-refractivity contribution < 1.29 is 51.4 Å². The van der Waals surface area contributed by atoms with Gasteiger partial charge in [-0.1, -0.05) is 18.2 Å². The SMILES string of the molecule is O=C(O)C[C@H](CC(=O)CN1CCN(C(=O)c2ccccc2)CC1=O)C(=O)COc1c(F)c(F)cc(F)c1F. The summed E-state index contributed by atoms with van der Waals surface area (Å²) in [4.78, 5) is 63.8. The maximum Gasteiger partial charge on any atom is 0.304 e. The highest BCUT2D eigenvalue weighted by Gasteiger charge is 2.31. The number of nitrogens with zero attached hydrogens (tertiary/aromatic N) is 2. The van der Waals surface area contributed by atoms with E-state index in [4.69, 9.17) is 5.11 Å². The molecule has 1 fully saturated rings. The van der Waals surface area contributed by atoms with Gasteiger partial charge in [-0.25, -0.2) is 8.78 Å². The molecule has 13 heteroatoms. The summed E-state index contributed by atoms with van der Waals surface area (Å²) >= 11 is 0. The summed E-state index contributed by atoms with van der Waals surface area (Å²) in [5.74, 6) is -14.4. The van der Waals surface area contributed by atoms with E-state index in [1.807, 2.05) is 0 Å². The molecule has 202 valence electrons. The van der Waals surface area contributed by atoms with Gasteiger partial charge in [-0.05, 0) is 12.1 Å². The number of halogens is 4. The van der Waals surface area contributed by atoms with Crippen LogP contribution in [0.1, 0.15) is 23.2 Å². The molecule has 0 unspecified atom stereocenters. The standard InChI is InChI=1S/C25H22F4N2O7/c26-17-10-18(27)23(29)24(22(17)28)38-13-19(33)15(9-21(35)36)8-16(32)11-30-6-7-31(12-20(30)34)25(37)14-4-2-1-3-5-14/h1-5,10,15H,6-9,11-13H2,(H,35,36)/t15-/m0/s1. The van der Waals surface area contributed by atoms with Crippen LogP contribution in [0.25, 0.3) is 0 Å². The van der Waals surface area contributed by atoms with Crippen LogP contribution in [0.15, 0.2) is 36.4 Å². The number of benzene rings is 2. The Labute approximate surface area is 213 Å². The van der Waals surface area contributed by atoms with Crippen LogP contribution >= 0.6 is 0 Å². The molecule has 1 N–H and O–H groups in total. The Morgan fingerprint density at radius 1 is 0.947 bits per heavy atom. The van der Waals surface area contributed by atoms with Crippen molar-refractivity contribution in [2.75, 3.05) is 32.8 Å². The van der Waals surface area contributed by atoms with Crippen molar-refractivity contribution in [3.63, 3.8) is 0 Å². The van der Waals surface area contributed by atoms with Crippen LogP contribution in [-0.2, 0) is 19.2 Å². The van der Waals surface area contributed by atoms with Crippen molar-refractivity contribution in [1.82, 2.24) is 9.80 Å². The smallest absolute Gasteiger partial charge is 0.304 e. The number of aliphatic carboxylic acids is 1. The van der Waals surface area contributed by atoms with Gasteiger partial charge in [0.05, 0.1) is 13.0 Å². The minimum Gasteiger partial charge on any atom is -0.481 e. The third kappa shape index (κ3) is 6.93. The van der Waals surface area contributed by atoms with E-state index in [0.29, 0.717) is 5.56 Å². The lowest BCUT2D eigenvalue weighted by atomic mass is 9.94. The summed E-state index contributed by atoms with van der Waals surface area (Å²) in [6.45, 7) is -1.75.